The van der Waals surface area contributed by atoms with Crippen LogP contribution in [-0.4, -0.2) is 46.1 Å². The second-order valence-corrected chi connectivity index (χ2v) is 7.67. The minimum atomic E-state index is -3.28. The summed E-state index contributed by atoms with van der Waals surface area (Å²) in [5, 5.41) is 6.67. The second-order valence-electron chi connectivity index (χ2n) is 5.25. The normalized spacial score (nSPS) is 18.0. The average Bonchev–Trinajstić information content (AvgIpc) is 2.97. The summed E-state index contributed by atoms with van der Waals surface area (Å²) in [7, 11) is -1.77. The van der Waals surface area contributed by atoms with Crippen molar-refractivity contribution < 1.29 is 13.2 Å². The summed E-state index contributed by atoms with van der Waals surface area (Å²) in [6.45, 7) is 1.49. The number of anilines is 2. The number of thiocarbonyl (C=S) groups is 1. The standard InChI is InChI=1S/C14H21N3O3S2/c1-17(22(2,18)19)12-6-3-5-11(9-12)16-14(21)15-10-13-7-4-8-20-13/h3,5-6,9,13H,4,7-8,10H2,1-2H3,(H2,15,16,21). The number of ether oxygens (including phenoxy) is 1. The number of nitrogens with one attached hydrogen (secondary N) is 2. The van der Waals surface area contributed by atoms with E-state index < -0.39 is 10.0 Å². The van der Waals surface area contributed by atoms with Gasteiger partial charge in [-0.15, -0.1) is 0 Å². The average molecular weight is 343 g/mol. The van der Waals surface area contributed by atoms with Crippen LogP contribution in [-0.2, 0) is 14.8 Å². The van der Waals surface area contributed by atoms with Gasteiger partial charge in [0, 0.05) is 25.9 Å². The SMILES string of the molecule is CN(c1cccc(NC(=S)NCC2CCCO2)c1)S(C)(=O)=O. The van der Waals surface area contributed by atoms with Crippen molar-refractivity contribution in [2.45, 2.75) is 18.9 Å². The first kappa shape index (κ1) is 17.0. The van der Waals surface area contributed by atoms with E-state index in [0.29, 0.717) is 17.3 Å². The van der Waals surface area contributed by atoms with Crippen LogP contribution >= 0.6 is 12.2 Å². The number of hydrogen-bond acceptors (Lipinski definition) is 4. The maximum atomic E-state index is 11.6. The molecule has 1 saturated heterocycles. The fraction of sp³-hybridized carbons (Fsp3) is 0.500. The van der Waals surface area contributed by atoms with Gasteiger partial charge in [0.15, 0.2) is 5.11 Å². The first-order valence-electron chi connectivity index (χ1n) is 7.06. The van der Waals surface area contributed by atoms with Crippen LogP contribution in [0.2, 0.25) is 0 Å². The van der Waals surface area contributed by atoms with Gasteiger partial charge in [-0.1, -0.05) is 6.07 Å². The van der Waals surface area contributed by atoms with Crippen LogP contribution in [0.4, 0.5) is 11.4 Å². The first-order chi connectivity index (χ1) is 10.4. The van der Waals surface area contributed by atoms with E-state index in [1.807, 2.05) is 6.07 Å². The van der Waals surface area contributed by atoms with Crippen LogP contribution in [0.3, 0.4) is 0 Å². The molecule has 1 aromatic carbocycles. The molecule has 2 N–H and O–H groups in total. The molecule has 0 spiro atoms. The summed E-state index contributed by atoms with van der Waals surface area (Å²) in [4.78, 5) is 0. The van der Waals surface area contributed by atoms with E-state index in [4.69, 9.17) is 17.0 Å². The summed E-state index contributed by atoms with van der Waals surface area (Å²) >= 11 is 5.24. The molecule has 0 amide bonds. The molecule has 1 aromatic rings. The lowest BCUT2D eigenvalue weighted by molar-refractivity contribution is 0.114. The van der Waals surface area contributed by atoms with Crippen LogP contribution < -0.4 is 14.9 Å². The van der Waals surface area contributed by atoms with Gasteiger partial charge in [-0.25, -0.2) is 8.42 Å². The highest BCUT2D eigenvalue weighted by atomic mass is 32.2. The Morgan fingerprint density at radius 1 is 1.50 bits per heavy atom. The number of hydrogen-bond donors (Lipinski definition) is 2. The van der Waals surface area contributed by atoms with E-state index in [-0.39, 0.29) is 6.10 Å². The Kier molecular flexibility index (Phi) is 5.60. The zero-order valence-electron chi connectivity index (χ0n) is 12.7. The third-order valence-electron chi connectivity index (χ3n) is 3.48. The van der Waals surface area contributed by atoms with Crippen molar-refractivity contribution in [1.82, 2.24) is 5.32 Å². The first-order valence-corrected chi connectivity index (χ1v) is 9.32. The lowest BCUT2D eigenvalue weighted by Crippen LogP contribution is -2.34. The quantitative estimate of drug-likeness (QED) is 0.791. The van der Waals surface area contributed by atoms with E-state index in [1.54, 1.807) is 18.2 Å². The molecule has 2 rings (SSSR count). The van der Waals surface area contributed by atoms with Crippen molar-refractivity contribution in [2.75, 3.05) is 36.1 Å². The summed E-state index contributed by atoms with van der Waals surface area (Å²) < 4.78 is 29.9. The van der Waals surface area contributed by atoms with Gasteiger partial charge in [0.25, 0.3) is 0 Å². The maximum absolute atomic E-state index is 11.6. The Bertz CT molecular complexity index is 628. The monoisotopic (exact) mass is 343 g/mol. The lowest BCUT2D eigenvalue weighted by Gasteiger charge is -2.18. The Balaban J connectivity index is 1.93. The number of rotatable bonds is 5. The summed E-state index contributed by atoms with van der Waals surface area (Å²) in [6.07, 6.45) is 3.51. The summed E-state index contributed by atoms with van der Waals surface area (Å²) in [5.41, 5.74) is 1.31. The molecule has 0 bridgehead atoms. The highest BCUT2D eigenvalue weighted by molar-refractivity contribution is 7.92. The van der Waals surface area contributed by atoms with Crippen molar-refractivity contribution in [2.24, 2.45) is 0 Å². The van der Waals surface area contributed by atoms with Crippen molar-refractivity contribution in [3.05, 3.63) is 24.3 Å². The Morgan fingerprint density at radius 2 is 2.27 bits per heavy atom. The predicted octanol–water partition coefficient (Wildman–Crippen LogP) is 1.55. The van der Waals surface area contributed by atoms with Crippen molar-refractivity contribution in [3.63, 3.8) is 0 Å². The third-order valence-corrected chi connectivity index (χ3v) is 4.93. The lowest BCUT2D eigenvalue weighted by atomic mass is 10.2. The topological polar surface area (TPSA) is 70.7 Å². The van der Waals surface area contributed by atoms with Gasteiger partial charge in [-0.3, -0.25) is 4.31 Å². The van der Waals surface area contributed by atoms with Gasteiger partial charge in [-0.2, -0.15) is 0 Å². The molecular formula is C14H21N3O3S2. The van der Waals surface area contributed by atoms with Gasteiger partial charge >= 0.3 is 0 Å². The van der Waals surface area contributed by atoms with Gasteiger partial charge in [-0.05, 0) is 43.3 Å². The summed E-state index contributed by atoms with van der Waals surface area (Å²) in [5.74, 6) is 0. The molecule has 1 heterocycles. The molecule has 8 heteroatoms. The van der Waals surface area contributed by atoms with Crippen molar-refractivity contribution in [1.29, 1.82) is 0 Å². The number of sulfonamides is 1. The number of benzene rings is 1. The summed E-state index contributed by atoms with van der Waals surface area (Å²) in [6, 6.07) is 7.08. The zero-order chi connectivity index (χ0) is 16.2. The van der Waals surface area contributed by atoms with E-state index in [2.05, 4.69) is 10.6 Å². The van der Waals surface area contributed by atoms with Crippen molar-refractivity contribution in [3.8, 4) is 0 Å². The molecule has 1 aliphatic heterocycles. The van der Waals surface area contributed by atoms with Crippen LogP contribution in [0.25, 0.3) is 0 Å². The third kappa shape index (κ3) is 4.82. The molecular weight excluding hydrogens is 322 g/mol. The molecule has 6 nitrogen and oxygen atoms in total. The Labute approximate surface area is 136 Å². The molecule has 0 radical (unpaired) electrons. The molecule has 0 saturated carbocycles. The van der Waals surface area contributed by atoms with Gasteiger partial charge in [0.2, 0.25) is 10.0 Å². The minimum Gasteiger partial charge on any atom is -0.376 e. The predicted molar refractivity (Wildman–Crippen MR) is 92.9 cm³/mol. The van der Waals surface area contributed by atoms with E-state index in [1.165, 1.54) is 17.6 Å². The fourth-order valence-electron chi connectivity index (χ4n) is 2.16. The molecule has 1 fully saturated rings. The highest BCUT2D eigenvalue weighted by Gasteiger charge is 2.15. The molecule has 122 valence electrons. The van der Waals surface area contributed by atoms with Crippen molar-refractivity contribution >= 4 is 38.7 Å². The molecule has 1 atom stereocenters. The molecule has 1 unspecified atom stereocenters. The molecule has 0 aromatic heterocycles. The van der Waals surface area contributed by atoms with Gasteiger partial charge in [0.05, 0.1) is 18.0 Å². The van der Waals surface area contributed by atoms with E-state index in [0.717, 1.165) is 25.1 Å². The van der Waals surface area contributed by atoms with Gasteiger partial charge < -0.3 is 15.4 Å². The molecule has 0 aliphatic carbocycles. The van der Waals surface area contributed by atoms with E-state index in [9.17, 15) is 8.42 Å². The largest absolute Gasteiger partial charge is 0.376 e. The van der Waals surface area contributed by atoms with Gasteiger partial charge in [0.1, 0.15) is 0 Å². The maximum Gasteiger partial charge on any atom is 0.231 e. The Morgan fingerprint density at radius 3 is 2.91 bits per heavy atom. The minimum absolute atomic E-state index is 0.211. The smallest absolute Gasteiger partial charge is 0.231 e. The fourth-order valence-corrected chi connectivity index (χ4v) is 2.86. The van der Waals surface area contributed by atoms with Crippen LogP contribution in [0.1, 0.15) is 12.8 Å². The second kappa shape index (κ2) is 7.26. The molecule has 1 aliphatic rings. The van der Waals surface area contributed by atoms with Crippen LogP contribution in [0.5, 0.6) is 0 Å². The van der Waals surface area contributed by atoms with Crippen LogP contribution in [0.15, 0.2) is 24.3 Å². The Hall–Kier alpha value is -1.38. The molecule has 22 heavy (non-hydrogen) atoms. The number of nitrogens with zero attached hydrogens (tertiary/aromatic N) is 1. The van der Waals surface area contributed by atoms with E-state index >= 15 is 0 Å². The highest BCUT2D eigenvalue weighted by Crippen LogP contribution is 2.20. The zero-order valence-corrected chi connectivity index (χ0v) is 14.3. The van der Waals surface area contributed by atoms with Crippen LogP contribution in [0, 0.1) is 0 Å².